The molecule has 2 rings (SSSR count). The number of nitrogens with zero attached hydrogens (tertiary/aromatic N) is 2. The molecule has 0 spiro atoms. The molecule has 1 amide bonds. The molecule has 0 saturated carbocycles. The van der Waals surface area contributed by atoms with Gasteiger partial charge in [-0.3, -0.25) is 14.0 Å². The average molecular weight is 382 g/mol. The maximum absolute atomic E-state index is 12.2. The number of likely N-dealkylation sites (N-methyl/N-ethyl adjacent to an activating group) is 1. The maximum Gasteiger partial charge on any atom is 0.275 e. The van der Waals surface area contributed by atoms with Gasteiger partial charge in [0.25, 0.3) is 11.5 Å². The zero-order chi connectivity index (χ0) is 17.2. The van der Waals surface area contributed by atoms with E-state index in [1.165, 1.54) is 10.5 Å². The van der Waals surface area contributed by atoms with Gasteiger partial charge in [0, 0.05) is 22.3 Å². The molecule has 2 aromatic rings. The SMILES string of the molecule is C[NH+](CC(=O)NC(C)(C)C)Cc1cc(=O)n2cc(Br)ccc2n1. The molecule has 0 bridgehead atoms. The van der Waals surface area contributed by atoms with E-state index < -0.39 is 0 Å². The smallest absolute Gasteiger partial charge is 0.275 e. The van der Waals surface area contributed by atoms with Crippen LogP contribution in [0.15, 0.2) is 33.7 Å². The first-order chi connectivity index (χ1) is 10.6. The van der Waals surface area contributed by atoms with Crippen molar-refractivity contribution in [1.29, 1.82) is 0 Å². The van der Waals surface area contributed by atoms with Crippen molar-refractivity contribution in [3.63, 3.8) is 0 Å². The normalized spacial score (nSPS) is 13.1. The minimum Gasteiger partial charge on any atom is -0.347 e. The fourth-order valence-electron chi connectivity index (χ4n) is 2.32. The highest BCUT2D eigenvalue weighted by molar-refractivity contribution is 9.10. The summed E-state index contributed by atoms with van der Waals surface area (Å²) in [6.45, 7) is 6.69. The summed E-state index contributed by atoms with van der Waals surface area (Å²) in [5.41, 5.74) is 0.907. The number of quaternary nitrogens is 1. The Morgan fingerprint density at radius 3 is 2.74 bits per heavy atom. The molecule has 0 aliphatic heterocycles. The lowest BCUT2D eigenvalue weighted by Gasteiger charge is -2.21. The Morgan fingerprint density at radius 1 is 1.39 bits per heavy atom. The standard InChI is InChI=1S/C16H21BrN4O2/c1-16(2,3)19-14(22)10-20(4)9-12-7-15(23)21-8-11(17)5-6-13(21)18-12/h5-8H,9-10H2,1-4H3,(H,19,22)/p+1. The molecule has 0 radical (unpaired) electrons. The highest BCUT2D eigenvalue weighted by atomic mass is 79.9. The largest absolute Gasteiger partial charge is 0.347 e. The zero-order valence-corrected chi connectivity index (χ0v) is 15.4. The summed E-state index contributed by atoms with van der Waals surface area (Å²) in [7, 11) is 1.91. The average Bonchev–Trinajstić information content (AvgIpc) is 2.37. The fraction of sp³-hybridized carbons (Fsp3) is 0.438. The van der Waals surface area contributed by atoms with E-state index in [0.717, 1.165) is 9.37 Å². The van der Waals surface area contributed by atoms with Crippen LogP contribution in [0.2, 0.25) is 0 Å². The minimum absolute atomic E-state index is 0.0172. The summed E-state index contributed by atoms with van der Waals surface area (Å²) in [6.07, 6.45) is 1.70. The van der Waals surface area contributed by atoms with E-state index >= 15 is 0 Å². The second kappa shape index (κ2) is 6.80. The molecule has 1 atom stereocenters. The van der Waals surface area contributed by atoms with Crippen LogP contribution in [-0.4, -0.2) is 34.4 Å². The predicted octanol–water partition coefficient (Wildman–Crippen LogP) is 0.386. The highest BCUT2D eigenvalue weighted by Crippen LogP contribution is 2.09. The molecule has 7 heteroatoms. The van der Waals surface area contributed by atoms with Gasteiger partial charge in [-0.25, -0.2) is 4.98 Å². The Morgan fingerprint density at radius 2 is 2.09 bits per heavy atom. The van der Waals surface area contributed by atoms with Gasteiger partial charge in [0.1, 0.15) is 17.9 Å². The van der Waals surface area contributed by atoms with E-state index in [0.29, 0.717) is 24.4 Å². The number of rotatable bonds is 4. The van der Waals surface area contributed by atoms with Gasteiger partial charge in [-0.05, 0) is 48.8 Å². The van der Waals surface area contributed by atoms with E-state index in [1.54, 1.807) is 12.3 Å². The number of carbonyl (C=O) groups is 1. The van der Waals surface area contributed by atoms with Crippen LogP contribution < -0.4 is 15.8 Å². The number of amides is 1. The molecule has 2 N–H and O–H groups in total. The molecule has 0 aliphatic rings. The van der Waals surface area contributed by atoms with Gasteiger partial charge in [-0.15, -0.1) is 0 Å². The van der Waals surface area contributed by atoms with Crippen LogP contribution in [0.3, 0.4) is 0 Å². The van der Waals surface area contributed by atoms with Gasteiger partial charge < -0.3 is 10.2 Å². The third-order valence-corrected chi connectivity index (χ3v) is 3.61. The van der Waals surface area contributed by atoms with Gasteiger partial charge in [0.05, 0.1) is 7.05 Å². The molecule has 124 valence electrons. The van der Waals surface area contributed by atoms with Gasteiger partial charge >= 0.3 is 0 Å². The maximum atomic E-state index is 12.2. The van der Waals surface area contributed by atoms with Crippen molar-refractivity contribution in [2.75, 3.05) is 13.6 Å². The first-order valence-electron chi connectivity index (χ1n) is 7.44. The van der Waals surface area contributed by atoms with Crippen molar-refractivity contribution in [3.8, 4) is 0 Å². The van der Waals surface area contributed by atoms with Gasteiger partial charge in [0.2, 0.25) is 0 Å². The Balaban J connectivity index is 2.11. The lowest BCUT2D eigenvalue weighted by molar-refractivity contribution is -0.885. The van der Waals surface area contributed by atoms with Gasteiger partial charge in [-0.1, -0.05) is 0 Å². The first kappa shape index (κ1) is 17.6. The Bertz CT molecular complexity index is 780. The number of pyridine rings is 1. The lowest BCUT2D eigenvalue weighted by atomic mass is 10.1. The number of aromatic nitrogens is 2. The number of fused-ring (bicyclic) bond motifs is 1. The van der Waals surface area contributed by atoms with E-state index in [4.69, 9.17) is 0 Å². The van der Waals surface area contributed by atoms with Crippen LogP contribution in [0, 0.1) is 0 Å². The van der Waals surface area contributed by atoms with Crippen molar-refractivity contribution in [2.24, 2.45) is 0 Å². The predicted molar refractivity (Wildman–Crippen MR) is 92.5 cm³/mol. The molecule has 6 nitrogen and oxygen atoms in total. The molecule has 2 aromatic heterocycles. The Labute approximate surface area is 143 Å². The summed E-state index contributed by atoms with van der Waals surface area (Å²) in [5, 5.41) is 2.93. The van der Waals surface area contributed by atoms with E-state index in [-0.39, 0.29) is 17.0 Å². The number of hydrogen-bond acceptors (Lipinski definition) is 3. The number of halogens is 1. The number of carbonyl (C=O) groups excluding carboxylic acids is 1. The minimum atomic E-state index is -0.245. The monoisotopic (exact) mass is 381 g/mol. The lowest BCUT2D eigenvalue weighted by Crippen LogP contribution is -3.09. The van der Waals surface area contributed by atoms with Crippen LogP contribution in [0.4, 0.5) is 0 Å². The summed E-state index contributed by atoms with van der Waals surface area (Å²) in [6, 6.07) is 5.15. The van der Waals surface area contributed by atoms with Crippen molar-refractivity contribution in [1.82, 2.24) is 14.7 Å². The van der Waals surface area contributed by atoms with Crippen molar-refractivity contribution < 1.29 is 9.69 Å². The molecule has 1 unspecified atom stereocenters. The summed E-state index contributed by atoms with van der Waals surface area (Å²) < 4.78 is 2.32. The molecule has 0 saturated heterocycles. The highest BCUT2D eigenvalue weighted by Gasteiger charge is 2.17. The molecular formula is C16H22BrN4O2+. The van der Waals surface area contributed by atoms with Crippen molar-refractivity contribution in [3.05, 3.63) is 44.9 Å². The fourth-order valence-corrected chi connectivity index (χ4v) is 2.66. The van der Waals surface area contributed by atoms with Crippen LogP contribution >= 0.6 is 15.9 Å². The van der Waals surface area contributed by atoms with E-state index in [1.807, 2.05) is 33.9 Å². The third-order valence-electron chi connectivity index (χ3n) is 3.14. The number of hydrogen-bond donors (Lipinski definition) is 2. The zero-order valence-electron chi connectivity index (χ0n) is 13.8. The first-order valence-corrected chi connectivity index (χ1v) is 8.23. The molecule has 23 heavy (non-hydrogen) atoms. The van der Waals surface area contributed by atoms with Crippen molar-refractivity contribution in [2.45, 2.75) is 32.9 Å². The summed E-state index contributed by atoms with van der Waals surface area (Å²) in [4.78, 5) is 29.6. The van der Waals surface area contributed by atoms with Crippen LogP contribution in [0.5, 0.6) is 0 Å². The second-order valence-electron chi connectivity index (χ2n) is 6.77. The van der Waals surface area contributed by atoms with E-state index in [9.17, 15) is 9.59 Å². The molecule has 0 aliphatic carbocycles. The third kappa shape index (κ3) is 5.14. The summed E-state index contributed by atoms with van der Waals surface area (Å²) in [5.74, 6) is -0.0172. The van der Waals surface area contributed by atoms with Crippen LogP contribution in [0.25, 0.3) is 5.65 Å². The second-order valence-corrected chi connectivity index (χ2v) is 7.69. The van der Waals surface area contributed by atoms with Crippen LogP contribution in [0.1, 0.15) is 26.5 Å². The van der Waals surface area contributed by atoms with Crippen LogP contribution in [-0.2, 0) is 11.3 Å². The molecule has 2 heterocycles. The Kier molecular flexibility index (Phi) is 5.21. The Hall–Kier alpha value is -1.73. The topological polar surface area (TPSA) is 67.9 Å². The summed E-state index contributed by atoms with van der Waals surface area (Å²) >= 11 is 3.34. The molecule has 0 aromatic carbocycles. The van der Waals surface area contributed by atoms with E-state index in [2.05, 4.69) is 26.2 Å². The van der Waals surface area contributed by atoms with Gasteiger partial charge in [0.15, 0.2) is 6.54 Å². The molecule has 0 fully saturated rings. The van der Waals surface area contributed by atoms with Crippen molar-refractivity contribution >= 4 is 27.5 Å². The quantitative estimate of drug-likeness (QED) is 0.804. The number of nitrogens with one attached hydrogen (secondary N) is 2. The molecular weight excluding hydrogens is 360 g/mol. The van der Waals surface area contributed by atoms with Gasteiger partial charge in [-0.2, -0.15) is 0 Å².